The van der Waals surface area contributed by atoms with Crippen molar-refractivity contribution in [3.05, 3.63) is 22.7 Å². The Morgan fingerprint density at radius 3 is 2.75 bits per heavy atom. The van der Waals surface area contributed by atoms with E-state index in [0.717, 1.165) is 30.6 Å². The highest BCUT2D eigenvalue weighted by Gasteiger charge is 2.26. The van der Waals surface area contributed by atoms with Crippen molar-refractivity contribution in [2.45, 2.75) is 25.4 Å². The highest BCUT2D eigenvalue weighted by Crippen LogP contribution is 2.38. The van der Waals surface area contributed by atoms with Gasteiger partial charge in [0.1, 0.15) is 0 Å². The molecule has 2 rings (SSSR count). The molecule has 0 radical (unpaired) electrons. The van der Waals surface area contributed by atoms with Gasteiger partial charge in [-0.15, -0.1) is 0 Å². The molecule has 3 nitrogen and oxygen atoms in total. The molecule has 1 aromatic rings. The Hall–Kier alpha value is -0.930. The molecule has 16 heavy (non-hydrogen) atoms. The van der Waals surface area contributed by atoms with Crippen LogP contribution in [0.3, 0.4) is 0 Å². The zero-order valence-electron chi connectivity index (χ0n) is 9.33. The van der Waals surface area contributed by atoms with Gasteiger partial charge in [-0.2, -0.15) is 0 Å². The van der Waals surface area contributed by atoms with Gasteiger partial charge in [-0.1, -0.05) is 11.6 Å². The van der Waals surface area contributed by atoms with E-state index in [1.54, 1.807) is 13.2 Å². The smallest absolute Gasteiger partial charge is 0.164 e. The van der Waals surface area contributed by atoms with Crippen molar-refractivity contribution in [3.8, 4) is 11.5 Å². The Morgan fingerprint density at radius 2 is 2.19 bits per heavy atom. The van der Waals surface area contributed by atoms with Gasteiger partial charge in [0.05, 0.1) is 13.2 Å². The molecule has 0 aliphatic heterocycles. The molecule has 1 aromatic carbocycles. The molecule has 0 amide bonds. The summed E-state index contributed by atoms with van der Waals surface area (Å²) in [4.78, 5) is 0. The van der Waals surface area contributed by atoms with Gasteiger partial charge in [-0.25, -0.2) is 0 Å². The summed E-state index contributed by atoms with van der Waals surface area (Å²) in [5.74, 6) is 1.50. The van der Waals surface area contributed by atoms with E-state index in [1.807, 2.05) is 6.07 Å². The summed E-state index contributed by atoms with van der Waals surface area (Å²) in [6.45, 7) is 0.574. The summed E-state index contributed by atoms with van der Waals surface area (Å²) >= 11 is 6.01. The minimum atomic E-state index is 0.339. The van der Waals surface area contributed by atoms with Crippen LogP contribution in [0.25, 0.3) is 0 Å². The lowest BCUT2D eigenvalue weighted by Crippen LogP contribution is -2.07. The molecule has 0 bridgehead atoms. The maximum atomic E-state index is 6.01. The number of benzene rings is 1. The Kier molecular flexibility index (Phi) is 3.56. The standard InChI is InChI=1S/C12H16ClNO2/c1-15-11-7-9(13)6-8(4-5-14)12(11)16-10-2-3-10/h6-7,10H,2-5,14H2,1H3. The van der Waals surface area contributed by atoms with Gasteiger partial charge < -0.3 is 15.2 Å². The number of halogens is 1. The number of hydrogen-bond acceptors (Lipinski definition) is 3. The molecule has 88 valence electrons. The molecule has 0 atom stereocenters. The van der Waals surface area contributed by atoms with Crippen molar-refractivity contribution >= 4 is 11.6 Å². The molecule has 0 unspecified atom stereocenters. The fraction of sp³-hybridized carbons (Fsp3) is 0.500. The first-order chi connectivity index (χ1) is 7.74. The monoisotopic (exact) mass is 241 g/mol. The van der Waals surface area contributed by atoms with Crippen molar-refractivity contribution in [2.24, 2.45) is 5.73 Å². The maximum Gasteiger partial charge on any atom is 0.164 e. The summed E-state index contributed by atoms with van der Waals surface area (Å²) in [5.41, 5.74) is 6.60. The number of rotatable bonds is 5. The van der Waals surface area contributed by atoms with E-state index in [0.29, 0.717) is 23.4 Å². The van der Waals surface area contributed by atoms with Gasteiger partial charge in [0.2, 0.25) is 0 Å². The number of methoxy groups -OCH3 is 1. The van der Waals surface area contributed by atoms with Crippen molar-refractivity contribution in [1.29, 1.82) is 0 Å². The van der Waals surface area contributed by atoms with Gasteiger partial charge in [0, 0.05) is 16.7 Å². The first kappa shape index (κ1) is 11.6. The molecule has 1 saturated carbocycles. The second-order valence-electron chi connectivity index (χ2n) is 3.95. The second kappa shape index (κ2) is 4.93. The lowest BCUT2D eigenvalue weighted by molar-refractivity contribution is 0.279. The highest BCUT2D eigenvalue weighted by molar-refractivity contribution is 6.30. The average molecular weight is 242 g/mol. The quantitative estimate of drug-likeness (QED) is 0.861. The lowest BCUT2D eigenvalue weighted by atomic mass is 10.1. The molecule has 0 aromatic heterocycles. The summed E-state index contributed by atoms with van der Waals surface area (Å²) in [7, 11) is 1.62. The van der Waals surface area contributed by atoms with Gasteiger partial charge in [0.15, 0.2) is 11.5 Å². The predicted molar refractivity (Wildman–Crippen MR) is 64.4 cm³/mol. The minimum absolute atomic E-state index is 0.339. The Morgan fingerprint density at radius 1 is 1.44 bits per heavy atom. The van der Waals surface area contributed by atoms with Crippen LogP contribution in [0.15, 0.2) is 12.1 Å². The van der Waals surface area contributed by atoms with Gasteiger partial charge in [-0.3, -0.25) is 0 Å². The molecule has 4 heteroatoms. The van der Waals surface area contributed by atoms with E-state index in [2.05, 4.69) is 0 Å². The molecule has 2 N–H and O–H groups in total. The zero-order valence-corrected chi connectivity index (χ0v) is 10.1. The molecular weight excluding hydrogens is 226 g/mol. The van der Waals surface area contributed by atoms with Crippen LogP contribution in [0.1, 0.15) is 18.4 Å². The Bertz CT molecular complexity index is 378. The van der Waals surface area contributed by atoms with Crippen LogP contribution in [0.4, 0.5) is 0 Å². The lowest BCUT2D eigenvalue weighted by Gasteiger charge is -2.15. The first-order valence-corrected chi connectivity index (χ1v) is 5.85. The molecule has 1 aliphatic rings. The molecule has 0 saturated heterocycles. The van der Waals surface area contributed by atoms with E-state index in [9.17, 15) is 0 Å². The van der Waals surface area contributed by atoms with Crippen molar-refractivity contribution < 1.29 is 9.47 Å². The highest BCUT2D eigenvalue weighted by atomic mass is 35.5. The zero-order chi connectivity index (χ0) is 11.5. The van der Waals surface area contributed by atoms with Crippen LogP contribution in [-0.2, 0) is 6.42 Å². The van der Waals surface area contributed by atoms with Crippen LogP contribution in [-0.4, -0.2) is 19.8 Å². The van der Waals surface area contributed by atoms with Crippen molar-refractivity contribution in [3.63, 3.8) is 0 Å². The van der Waals surface area contributed by atoms with Crippen LogP contribution in [0.2, 0.25) is 5.02 Å². The van der Waals surface area contributed by atoms with Crippen molar-refractivity contribution in [2.75, 3.05) is 13.7 Å². The second-order valence-corrected chi connectivity index (χ2v) is 4.39. The van der Waals surface area contributed by atoms with E-state index in [1.165, 1.54) is 0 Å². The first-order valence-electron chi connectivity index (χ1n) is 5.47. The molecule has 1 fully saturated rings. The maximum absolute atomic E-state index is 6.01. The number of hydrogen-bond donors (Lipinski definition) is 1. The topological polar surface area (TPSA) is 44.5 Å². The molecule has 0 spiro atoms. The molecule has 0 heterocycles. The fourth-order valence-corrected chi connectivity index (χ4v) is 1.83. The Balaban J connectivity index is 2.33. The summed E-state index contributed by atoms with van der Waals surface area (Å²) in [6, 6.07) is 3.67. The van der Waals surface area contributed by atoms with Gasteiger partial charge in [-0.05, 0) is 31.9 Å². The van der Waals surface area contributed by atoms with E-state index >= 15 is 0 Å². The molecule has 1 aliphatic carbocycles. The summed E-state index contributed by atoms with van der Waals surface area (Å²) in [6.07, 6.45) is 3.33. The molecular formula is C12H16ClNO2. The average Bonchev–Trinajstić information content (AvgIpc) is 3.05. The third kappa shape index (κ3) is 2.60. The van der Waals surface area contributed by atoms with Crippen LogP contribution >= 0.6 is 11.6 Å². The van der Waals surface area contributed by atoms with E-state index in [-0.39, 0.29) is 0 Å². The third-order valence-electron chi connectivity index (χ3n) is 2.54. The van der Waals surface area contributed by atoms with Gasteiger partial charge >= 0.3 is 0 Å². The predicted octanol–water partition coefficient (Wildman–Crippen LogP) is 2.39. The summed E-state index contributed by atoms with van der Waals surface area (Å²) in [5, 5.41) is 0.656. The minimum Gasteiger partial charge on any atom is -0.493 e. The normalized spacial score (nSPS) is 14.9. The fourth-order valence-electron chi connectivity index (χ4n) is 1.60. The van der Waals surface area contributed by atoms with E-state index in [4.69, 9.17) is 26.8 Å². The van der Waals surface area contributed by atoms with Crippen LogP contribution < -0.4 is 15.2 Å². The number of nitrogens with two attached hydrogens (primary N) is 1. The van der Waals surface area contributed by atoms with Crippen LogP contribution in [0.5, 0.6) is 11.5 Å². The third-order valence-corrected chi connectivity index (χ3v) is 2.76. The summed E-state index contributed by atoms with van der Waals surface area (Å²) < 4.78 is 11.1. The Labute approximate surface area is 100 Å². The van der Waals surface area contributed by atoms with Gasteiger partial charge in [0.25, 0.3) is 0 Å². The number of ether oxygens (including phenoxy) is 2. The largest absolute Gasteiger partial charge is 0.493 e. The van der Waals surface area contributed by atoms with Crippen LogP contribution in [0, 0.1) is 0 Å². The van der Waals surface area contributed by atoms with Crippen molar-refractivity contribution in [1.82, 2.24) is 0 Å². The SMILES string of the molecule is COc1cc(Cl)cc(CCN)c1OC1CC1. The van der Waals surface area contributed by atoms with E-state index < -0.39 is 0 Å².